The normalized spacial score (nSPS) is 17.6. The molecule has 2 aromatic carbocycles. The van der Waals surface area contributed by atoms with Crippen molar-refractivity contribution < 1.29 is 13.9 Å². The van der Waals surface area contributed by atoms with Crippen LogP contribution in [0.4, 0.5) is 4.39 Å². The van der Waals surface area contributed by atoms with Gasteiger partial charge in [0.1, 0.15) is 17.7 Å². The zero-order valence-corrected chi connectivity index (χ0v) is 12.5. The fourth-order valence-corrected chi connectivity index (χ4v) is 2.72. The number of hydrogen-bond acceptors (Lipinski definition) is 2. The Labute approximate surface area is 128 Å². The minimum atomic E-state index is -0.485. The van der Waals surface area contributed by atoms with Crippen LogP contribution < -0.4 is 4.74 Å². The summed E-state index contributed by atoms with van der Waals surface area (Å²) in [5.41, 5.74) is 1.26. The van der Waals surface area contributed by atoms with Gasteiger partial charge in [-0.15, -0.1) is 0 Å². The van der Waals surface area contributed by atoms with Crippen molar-refractivity contribution in [3.05, 3.63) is 62.8 Å². The predicted octanol–water partition coefficient (Wildman–Crippen LogP) is 4.95. The number of carbonyl (C=O) groups is 1. The molecule has 1 unspecified atom stereocenters. The number of halogens is 3. The summed E-state index contributed by atoms with van der Waals surface area (Å²) in [5.74, 6) is 0.0472. The molecule has 1 heterocycles. The molecule has 3 rings (SSSR count). The maximum Gasteiger partial charge on any atom is 0.170 e. The van der Waals surface area contributed by atoms with E-state index in [4.69, 9.17) is 16.3 Å². The molecule has 0 bridgehead atoms. The summed E-state index contributed by atoms with van der Waals surface area (Å²) in [6, 6.07) is 9.65. The summed E-state index contributed by atoms with van der Waals surface area (Å²) in [4.78, 5) is 12.1. The Morgan fingerprint density at radius 1 is 1.25 bits per heavy atom. The Kier molecular flexibility index (Phi) is 3.52. The first kappa shape index (κ1) is 13.6. The van der Waals surface area contributed by atoms with Crippen LogP contribution in [0.2, 0.25) is 5.02 Å². The van der Waals surface area contributed by atoms with Crippen molar-refractivity contribution in [2.24, 2.45) is 0 Å². The molecule has 2 nitrogen and oxygen atoms in total. The Morgan fingerprint density at radius 2 is 2.05 bits per heavy atom. The van der Waals surface area contributed by atoms with E-state index in [2.05, 4.69) is 15.9 Å². The molecular weight excluding hydrogens is 347 g/mol. The van der Waals surface area contributed by atoms with E-state index in [1.165, 1.54) is 12.1 Å². The van der Waals surface area contributed by atoms with Gasteiger partial charge in [-0.1, -0.05) is 33.6 Å². The highest BCUT2D eigenvalue weighted by atomic mass is 79.9. The molecule has 1 aliphatic rings. The van der Waals surface area contributed by atoms with Crippen LogP contribution in [0, 0.1) is 5.82 Å². The third-order valence-corrected chi connectivity index (χ3v) is 3.98. The first-order valence-corrected chi connectivity index (χ1v) is 7.16. The zero-order chi connectivity index (χ0) is 14.3. The molecule has 5 heteroatoms. The standard InChI is InChI=1S/C15H9BrClFO2/c16-9-2-3-10-13(19)7-14(20-15(10)6-9)8-1-4-12(18)11(17)5-8/h1-6,14H,7H2. The number of rotatable bonds is 1. The number of Topliss-reactive ketones (excluding diaryl/α,β-unsaturated/α-hetero) is 1. The smallest absolute Gasteiger partial charge is 0.170 e. The Balaban J connectivity index is 1.98. The third kappa shape index (κ3) is 2.45. The van der Waals surface area contributed by atoms with Crippen molar-refractivity contribution in [1.29, 1.82) is 0 Å². The van der Waals surface area contributed by atoms with Crippen LogP contribution in [0.5, 0.6) is 5.75 Å². The van der Waals surface area contributed by atoms with Crippen LogP contribution in [0.1, 0.15) is 28.4 Å². The Hall–Kier alpha value is -1.39. The summed E-state index contributed by atoms with van der Waals surface area (Å²) in [6.45, 7) is 0. The summed E-state index contributed by atoms with van der Waals surface area (Å²) >= 11 is 9.12. The molecule has 1 atom stereocenters. The fraction of sp³-hybridized carbons (Fsp3) is 0.133. The largest absolute Gasteiger partial charge is 0.484 e. The molecule has 0 aromatic heterocycles. The Bertz CT molecular complexity index is 702. The van der Waals surface area contributed by atoms with Gasteiger partial charge < -0.3 is 4.74 Å². The van der Waals surface area contributed by atoms with Crippen LogP contribution in [0.15, 0.2) is 40.9 Å². The fourth-order valence-electron chi connectivity index (χ4n) is 2.20. The van der Waals surface area contributed by atoms with Gasteiger partial charge in [0.15, 0.2) is 5.78 Å². The molecule has 102 valence electrons. The van der Waals surface area contributed by atoms with E-state index in [1.54, 1.807) is 24.3 Å². The van der Waals surface area contributed by atoms with Crippen molar-refractivity contribution in [3.8, 4) is 5.75 Å². The molecule has 2 aromatic rings. The lowest BCUT2D eigenvalue weighted by atomic mass is 9.96. The third-order valence-electron chi connectivity index (χ3n) is 3.20. The average Bonchev–Trinajstić information content (AvgIpc) is 2.41. The molecule has 0 radical (unpaired) electrons. The second kappa shape index (κ2) is 5.19. The topological polar surface area (TPSA) is 26.3 Å². The summed E-state index contributed by atoms with van der Waals surface area (Å²) < 4.78 is 19.9. The molecule has 0 saturated carbocycles. The van der Waals surface area contributed by atoms with Gasteiger partial charge >= 0.3 is 0 Å². The van der Waals surface area contributed by atoms with Crippen LogP contribution >= 0.6 is 27.5 Å². The first-order chi connectivity index (χ1) is 9.54. The van der Waals surface area contributed by atoms with E-state index in [0.717, 1.165) is 4.47 Å². The molecule has 0 N–H and O–H groups in total. The number of ketones is 1. The van der Waals surface area contributed by atoms with E-state index >= 15 is 0 Å². The number of ether oxygens (including phenoxy) is 1. The van der Waals surface area contributed by atoms with Crippen LogP contribution in [0.3, 0.4) is 0 Å². The van der Waals surface area contributed by atoms with Crippen LogP contribution in [0.25, 0.3) is 0 Å². The number of benzene rings is 2. The van der Waals surface area contributed by atoms with E-state index in [9.17, 15) is 9.18 Å². The van der Waals surface area contributed by atoms with Gasteiger partial charge in [-0.05, 0) is 35.9 Å². The molecule has 0 amide bonds. The lowest BCUT2D eigenvalue weighted by Gasteiger charge is -2.25. The van der Waals surface area contributed by atoms with E-state index in [0.29, 0.717) is 16.9 Å². The summed E-state index contributed by atoms with van der Waals surface area (Å²) in [7, 11) is 0. The maximum absolute atomic E-state index is 13.2. The molecule has 0 aliphatic carbocycles. The van der Waals surface area contributed by atoms with Gasteiger partial charge in [-0.3, -0.25) is 4.79 Å². The van der Waals surface area contributed by atoms with Crippen LogP contribution in [-0.4, -0.2) is 5.78 Å². The quantitative estimate of drug-likeness (QED) is 0.723. The number of carbonyl (C=O) groups excluding carboxylic acids is 1. The molecule has 0 spiro atoms. The van der Waals surface area contributed by atoms with Gasteiger partial charge in [0.25, 0.3) is 0 Å². The average molecular weight is 356 g/mol. The molecule has 20 heavy (non-hydrogen) atoms. The molecule has 0 saturated heterocycles. The van der Waals surface area contributed by atoms with Gasteiger partial charge in [0, 0.05) is 4.47 Å². The SMILES string of the molecule is O=C1CC(c2ccc(F)c(Cl)c2)Oc2cc(Br)ccc21. The highest BCUT2D eigenvalue weighted by Crippen LogP contribution is 2.37. The van der Waals surface area contributed by atoms with Crippen LogP contribution in [-0.2, 0) is 0 Å². The lowest BCUT2D eigenvalue weighted by Crippen LogP contribution is -2.20. The van der Waals surface area contributed by atoms with Crippen molar-refractivity contribution in [2.45, 2.75) is 12.5 Å². The van der Waals surface area contributed by atoms with Gasteiger partial charge in [-0.2, -0.15) is 0 Å². The molecule has 0 fully saturated rings. The summed E-state index contributed by atoms with van der Waals surface area (Å²) in [5, 5.41) is 0.0265. The minimum absolute atomic E-state index is 0.00389. The second-order valence-electron chi connectivity index (χ2n) is 4.55. The van der Waals surface area contributed by atoms with Crippen molar-refractivity contribution in [2.75, 3.05) is 0 Å². The van der Waals surface area contributed by atoms with Gasteiger partial charge in [0.2, 0.25) is 0 Å². The lowest BCUT2D eigenvalue weighted by molar-refractivity contribution is 0.0850. The molecular formula is C15H9BrClFO2. The first-order valence-electron chi connectivity index (χ1n) is 5.99. The number of fused-ring (bicyclic) bond motifs is 1. The molecule has 1 aliphatic heterocycles. The van der Waals surface area contributed by atoms with Gasteiger partial charge in [0.05, 0.1) is 17.0 Å². The maximum atomic E-state index is 13.2. The van der Waals surface area contributed by atoms with Crippen molar-refractivity contribution in [3.63, 3.8) is 0 Å². The van der Waals surface area contributed by atoms with E-state index in [1.807, 2.05) is 0 Å². The van der Waals surface area contributed by atoms with Crippen molar-refractivity contribution in [1.82, 2.24) is 0 Å². The zero-order valence-electron chi connectivity index (χ0n) is 10.2. The van der Waals surface area contributed by atoms with E-state index < -0.39 is 11.9 Å². The highest BCUT2D eigenvalue weighted by molar-refractivity contribution is 9.10. The Morgan fingerprint density at radius 3 is 2.80 bits per heavy atom. The van der Waals surface area contributed by atoms with Crippen molar-refractivity contribution >= 4 is 33.3 Å². The highest BCUT2D eigenvalue weighted by Gasteiger charge is 2.28. The summed E-state index contributed by atoms with van der Waals surface area (Å²) in [6.07, 6.45) is -0.223. The monoisotopic (exact) mass is 354 g/mol. The minimum Gasteiger partial charge on any atom is -0.484 e. The second-order valence-corrected chi connectivity index (χ2v) is 5.87. The van der Waals surface area contributed by atoms with E-state index in [-0.39, 0.29) is 17.2 Å². The van der Waals surface area contributed by atoms with Gasteiger partial charge in [-0.25, -0.2) is 4.39 Å². The predicted molar refractivity (Wildman–Crippen MR) is 77.9 cm³/mol. The number of hydrogen-bond donors (Lipinski definition) is 0.